The second kappa shape index (κ2) is 7.61. The fraction of sp³-hybridized carbons (Fsp3) is 0.286. The van der Waals surface area contributed by atoms with Gasteiger partial charge in [0, 0.05) is 31.2 Å². The Morgan fingerprint density at radius 2 is 1.93 bits per heavy atom. The van der Waals surface area contributed by atoms with E-state index in [0.717, 1.165) is 37.1 Å². The van der Waals surface area contributed by atoms with Gasteiger partial charge in [-0.25, -0.2) is 9.78 Å². The molecule has 3 aromatic rings. The Labute approximate surface area is 156 Å². The number of nitrogens with zero attached hydrogens (tertiary/aromatic N) is 2. The third-order valence-electron chi connectivity index (χ3n) is 5.03. The maximum absolute atomic E-state index is 12.4. The molecule has 0 spiro atoms. The first-order chi connectivity index (χ1) is 13.2. The minimum atomic E-state index is -0.601. The van der Waals surface area contributed by atoms with Crippen LogP contribution >= 0.6 is 0 Å². The van der Waals surface area contributed by atoms with Crippen molar-refractivity contribution in [2.24, 2.45) is 5.92 Å². The molecule has 1 N–H and O–H groups in total. The van der Waals surface area contributed by atoms with Crippen molar-refractivity contribution in [2.45, 2.75) is 12.8 Å². The fourth-order valence-electron chi connectivity index (χ4n) is 3.46. The molecule has 6 heteroatoms. The lowest BCUT2D eigenvalue weighted by atomic mass is 9.96. The van der Waals surface area contributed by atoms with Crippen molar-refractivity contribution in [3.8, 4) is 0 Å². The molecule has 1 aromatic carbocycles. The molecule has 0 radical (unpaired) electrons. The first-order valence-electron chi connectivity index (χ1n) is 9.18. The second-order valence-corrected chi connectivity index (χ2v) is 6.81. The zero-order valence-electron chi connectivity index (χ0n) is 14.9. The highest BCUT2D eigenvalue weighted by molar-refractivity contribution is 5.96. The van der Waals surface area contributed by atoms with Gasteiger partial charge in [0.05, 0.1) is 0 Å². The summed E-state index contributed by atoms with van der Waals surface area (Å²) in [5.74, 6) is 1.01. The Kier molecular flexibility index (Phi) is 4.87. The number of fused-ring (bicyclic) bond motifs is 1. The van der Waals surface area contributed by atoms with Crippen molar-refractivity contribution in [1.29, 1.82) is 0 Å². The molecule has 1 aliphatic rings. The number of benzene rings is 1. The molecule has 0 atom stereocenters. The Morgan fingerprint density at radius 3 is 2.70 bits per heavy atom. The van der Waals surface area contributed by atoms with Crippen LogP contribution in [-0.4, -0.2) is 30.5 Å². The number of nitrogens with one attached hydrogen (secondary N) is 1. The van der Waals surface area contributed by atoms with Gasteiger partial charge < -0.3 is 14.6 Å². The molecule has 4 rings (SSSR count). The summed E-state index contributed by atoms with van der Waals surface area (Å²) in [5, 5.41) is 3.64. The van der Waals surface area contributed by atoms with E-state index in [4.69, 9.17) is 4.42 Å². The number of piperidine rings is 1. The lowest BCUT2D eigenvalue weighted by Gasteiger charge is -2.32. The summed E-state index contributed by atoms with van der Waals surface area (Å²) in [6.07, 6.45) is 3.75. The fourth-order valence-corrected chi connectivity index (χ4v) is 3.46. The number of pyridine rings is 1. The summed E-state index contributed by atoms with van der Waals surface area (Å²) in [5.41, 5.74) is -0.0586. The predicted octanol–water partition coefficient (Wildman–Crippen LogP) is 2.83. The van der Waals surface area contributed by atoms with E-state index < -0.39 is 5.63 Å². The van der Waals surface area contributed by atoms with E-state index in [0.29, 0.717) is 18.0 Å². The third kappa shape index (κ3) is 3.84. The highest BCUT2D eigenvalue weighted by Crippen LogP contribution is 2.21. The van der Waals surface area contributed by atoms with Crippen molar-refractivity contribution >= 4 is 22.7 Å². The number of carbonyl (C=O) groups is 1. The number of hydrogen-bond acceptors (Lipinski definition) is 5. The number of carbonyl (C=O) groups excluding carboxylic acids is 1. The van der Waals surface area contributed by atoms with E-state index in [1.807, 2.05) is 30.3 Å². The molecule has 0 saturated carbocycles. The van der Waals surface area contributed by atoms with Crippen LogP contribution in [0.15, 0.2) is 63.9 Å². The molecule has 1 saturated heterocycles. The number of amides is 1. The first-order valence-corrected chi connectivity index (χ1v) is 9.18. The Balaban J connectivity index is 1.35. The first kappa shape index (κ1) is 17.3. The number of rotatable bonds is 4. The molecule has 3 heterocycles. The van der Waals surface area contributed by atoms with E-state index in [2.05, 4.69) is 15.2 Å². The van der Waals surface area contributed by atoms with Gasteiger partial charge in [-0.1, -0.05) is 24.3 Å². The van der Waals surface area contributed by atoms with Crippen molar-refractivity contribution in [1.82, 2.24) is 10.3 Å². The Morgan fingerprint density at radius 1 is 1.15 bits per heavy atom. The monoisotopic (exact) mass is 363 g/mol. The van der Waals surface area contributed by atoms with Crippen LogP contribution in [0.3, 0.4) is 0 Å². The van der Waals surface area contributed by atoms with E-state index >= 15 is 0 Å². The maximum Gasteiger partial charge on any atom is 0.349 e. The molecule has 138 valence electrons. The van der Waals surface area contributed by atoms with Crippen LogP contribution in [0.1, 0.15) is 23.2 Å². The van der Waals surface area contributed by atoms with Gasteiger partial charge in [-0.2, -0.15) is 0 Å². The lowest BCUT2D eigenvalue weighted by molar-refractivity contribution is 0.0941. The zero-order chi connectivity index (χ0) is 18.6. The molecule has 27 heavy (non-hydrogen) atoms. The summed E-state index contributed by atoms with van der Waals surface area (Å²) in [6.45, 7) is 2.38. The SMILES string of the molecule is O=C(NCC1CCN(c2ccccn2)CC1)c1cc2ccccc2oc1=O. The molecule has 1 amide bonds. The highest BCUT2D eigenvalue weighted by atomic mass is 16.4. The normalized spacial score (nSPS) is 15.0. The molecule has 2 aromatic heterocycles. The van der Waals surface area contributed by atoms with Crippen molar-refractivity contribution in [2.75, 3.05) is 24.5 Å². The van der Waals surface area contributed by atoms with E-state index in [9.17, 15) is 9.59 Å². The highest BCUT2D eigenvalue weighted by Gasteiger charge is 2.21. The minimum absolute atomic E-state index is 0.0552. The van der Waals surface area contributed by atoms with Gasteiger partial charge in [0.2, 0.25) is 0 Å². The molecule has 1 fully saturated rings. The molecule has 0 aliphatic carbocycles. The van der Waals surface area contributed by atoms with Gasteiger partial charge in [-0.15, -0.1) is 0 Å². The van der Waals surface area contributed by atoms with Crippen LogP contribution in [0.5, 0.6) is 0 Å². The number of aromatic nitrogens is 1. The number of hydrogen-bond donors (Lipinski definition) is 1. The number of anilines is 1. The summed E-state index contributed by atoms with van der Waals surface area (Å²) < 4.78 is 5.24. The van der Waals surface area contributed by atoms with Gasteiger partial charge in [-0.05, 0) is 43.0 Å². The average Bonchev–Trinajstić information content (AvgIpc) is 2.72. The molecular formula is C21H21N3O3. The van der Waals surface area contributed by atoms with E-state index in [1.54, 1.807) is 24.4 Å². The quantitative estimate of drug-likeness (QED) is 0.722. The average molecular weight is 363 g/mol. The van der Waals surface area contributed by atoms with Gasteiger partial charge >= 0.3 is 5.63 Å². The van der Waals surface area contributed by atoms with Crippen LogP contribution in [0.4, 0.5) is 5.82 Å². The van der Waals surface area contributed by atoms with Crippen molar-refractivity contribution in [3.63, 3.8) is 0 Å². The van der Waals surface area contributed by atoms with Crippen LogP contribution in [0, 0.1) is 5.92 Å². The van der Waals surface area contributed by atoms with Gasteiger partial charge in [-0.3, -0.25) is 4.79 Å². The van der Waals surface area contributed by atoms with Gasteiger partial charge in [0.15, 0.2) is 0 Å². The predicted molar refractivity (Wildman–Crippen MR) is 104 cm³/mol. The Hall–Kier alpha value is -3.15. The minimum Gasteiger partial charge on any atom is -0.422 e. The van der Waals surface area contributed by atoms with Crippen LogP contribution in [-0.2, 0) is 0 Å². The van der Waals surface area contributed by atoms with Gasteiger partial charge in [0.1, 0.15) is 17.0 Å². The van der Waals surface area contributed by atoms with Crippen LogP contribution in [0.25, 0.3) is 11.0 Å². The summed E-state index contributed by atoms with van der Waals surface area (Å²) in [7, 11) is 0. The van der Waals surface area contributed by atoms with Crippen molar-refractivity contribution < 1.29 is 9.21 Å². The van der Waals surface area contributed by atoms with E-state index in [1.165, 1.54) is 0 Å². The topological polar surface area (TPSA) is 75.4 Å². The Bertz CT molecular complexity index is 992. The molecule has 6 nitrogen and oxygen atoms in total. The maximum atomic E-state index is 12.4. The molecular weight excluding hydrogens is 342 g/mol. The molecule has 0 bridgehead atoms. The summed E-state index contributed by atoms with van der Waals surface area (Å²) in [4.78, 5) is 31.2. The van der Waals surface area contributed by atoms with Crippen LogP contribution in [0.2, 0.25) is 0 Å². The molecule has 1 aliphatic heterocycles. The second-order valence-electron chi connectivity index (χ2n) is 6.81. The number of para-hydroxylation sites is 1. The zero-order valence-corrected chi connectivity index (χ0v) is 14.9. The molecule has 0 unspecified atom stereocenters. The van der Waals surface area contributed by atoms with Gasteiger partial charge in [0.25, 0.3) is 5.91 Å². The summed E-state index contributed by atoms with van der Waals surface area (Å²) >= 11 is 0. The third-order valence-corrected chi connectivity index (χ3v) is 5.03. The smallest absolute Gasteiger partial charge is 0.349 e. The van der Waals surface area contributed by atoms with Crippen LogP contribution < -0.4 is 15.8 Å². The largest absolute Gasteiger partial charge is 0.422 e. The van der Waals surface area contributed by atoms with E-state index in [-0.39, 0.29) is 11.5 Å². The van der Waals surface area contributed by atoms with Crippen molar-refractivity contribution in [3.05, 3.63) is 70.7 Å². The lowest BCUT2D eigenvalue weighted by Crippen LogP contribution is -2.39. The summed E-state index contributed by atoms with van der Waals surface area (Å²) in [6, 6.07) is 14.7. The standard InChI is InChI=1S/C21H21N3O3/c25-20(17-13-16-5-1-2-6-18(16)27-21(17)26)23-14-15-8-11-24(12-9-15)19-7-3-4-10-22-19/h1-7,10,13,15H,8-9,11-12,14H2,(H,23,25).